The van der Waals surface area contributed by atoms with E-state index in [0.717, 1.165) is 118 Å². The van der Waals surface area contributed by atoms with E-state index in [1.165, 1.54) is 103 Å². The van der Waals surface area contributed by atoms with Crippen LogP contribution in [0, 0.1) is 87.8 Å². The van der Waals surface area contributed by atoms with Crippen LogP contribution in [0.4, 0.5) is 14.4 Å². The zero-order chi connectivity index (χ0) is 72.3. The Morgan fingerprint density at radius 2 is 0.694 bits per heavy atom. The molecule has 0 aromatic rings. The average Bonchev–Trinajstić information content (AvgIpc) is 1.14. The number of nitrogens with two attached hydrogens (primary N) is 1. The fourth-order valence-electron chi connectivity index (χ4n) is 9.75. The first-order chi connectivity index (χ1) is 42.8. The van der Waals surface area contributed by atoms with Crippen LogP contribution in [0.2, 0.25) is 0 Å². The van der Waals surface area contributed by atoms with Crippen LogP contribution in [-0.4, -0.2) is 94.3 Å². The largest absolute Gasteiger partial charge is 0.335 e. The van der Waals surface area contributed by atoms with Gasteiger partial charge in [-0.25, -0.2) is 19.2 Å². The second kappa shape index (κ2) is 80.5. The number of carbonyl (C=O) groups is 4. The van der Waals surface area contributed by atoms with E-state index in [0.29, 0.717) is 23.5 Å². The Balaban J connectivity index is -0.0000000848. The van der Waals surface area contributed by atoms with Crippen LogP contribution < -0.4 is 15.9 Å². The number of nitrogens with zero attached hydrogens (tertiary/aromatic N) is 2. The van der Waals surface area contributed by atoms with E-state index >= 15 is 0 Å². The van der Waals surface area contributed by atoms with Gasteiger partial charge < -0.3 is 30.0 Å². The van der Waals surface area contributed by atoms with Crippen molar-refractivity contribution in [3.05, 3.63) is 0 Å². The summed E-state index contributed by atoms with van der Waals surface area (Å²) in [5.74, 6) is 8.86. The molecule has 0 spiro atoms. The Morgan fingerprint density at radius 1 is 0.469 bits per heavy atom. The van der Waals surface area contributed by atoms with Crippen LogP contribution >= 0.6 is 87.9 Å². The molecule has 0 bridgehead atoms. The molecule has 6 aliphatic rings. The summed E-state index contributed by atoms with van der Waals surface area (Å²) in [6.45, 7) is 32.1. The smallest absolute Gasteiger partial charge is 0.168 e. The number of rotatable bonds is 5. The molecule has 0 heterocycles. The Hall–Kier alpha value is -0.640. The van der Waals surface area contributed by atoms with Crippen molar-refractivity contribution in [1.29, 1.82) is 10.5 Å². The number of nitrogens with one attached hydrogen (secondary N) is 2. The van der Waals surface area contributed by atoms with Crippen LogP contribution in [0.5, 0.6) is 0 Å². The maximum Gasteiger partial charge on any atom is 0.335 e. The molecule has 4 N–H and O–H groups in total. The topological polar surface area (TPSA) is 339 Å². The Kier molecular flexibility index (Phi) is 102. The molecule has 0 aromatic heterocycles. The van der Waals surface area contributed by atoms with Gasteiger partial charge in [-0.15, -0.1) is 12.4 Å². The van der Waals surface area contributed by atoms with Gasteiger partial charge in [-0.2, -0.15) is 44.2 Å². The quantitative estimate of drug-likeness (QED) is 0.0757. The minimum Gasteiger partial charge on any atom is -0.168 e. The first kappa shape index (κ1) is 124. The van der Waals surface area contributed by atoms with Crippen LogP contribution in [0.1, 0.15) is 295 Å². The summed E-state index contributed by atoms with van der Waals surface area (Å²) < 4.78 is 85.3. The minimum absolute atomic E-state index is 0. The van der Waals surface area contributed by atoms with E-state index in [1.54, 1.807) is 41.5 Å². The van der Waals surface area contributed by atoms with Crippen molar-refractivity contribution in [2.24, 2.45) is 70.8 Å². The summed E-state index contributed by atoms with van der Waals surface area (Å²) in [4.78, 5) is 46.8. The monoisotopic (exact) mass is 1970 g/mol. The Bertz CT molecular complexity index is 2000. The van der Waals surface area contributed by atoms with Crippen LogP contribution in [0.15, 0.2) is 0 Å². The molecule has 6 fully saturated rings. The summed E-state index contributed by atoms with van der Waals surface area (Å²) >= 11 is 9.84. The molecule has 1 amide bonds. The maximum absolute atomic E-state index is 11.4. The van der Waals surface area contributed by atoms with Gasteiger partial charge in [0, 0.05) is 37.8 Å². The van der Waals surface area contributed by atoms with E-state index in [4.69, 9.17) is 75.9 Å². The van der Waals surface area contributed by atoms with Crippen molar-refractivity contribution in [2.45, 2.75) is 312 Å². The molecule has 6 rings (SSSR count). The van der Waals surface area contributed by atoms with Crippen molar-refractivity contribution in [3.8, 4) is 12.1 Å². The average molecular weight is 1970 g/mol. The van der Waals surface area contributed by atoms with Gasteiger partial charge in [-0.1, -0.05) is 117 Å². The third-order valence-electron chi connectivity index (χ3n) is 15.2. The SMILES string of the molecule is C.C.C.C.C.CC(C)(C)OC(=O)OC(=O)OC(C)(C)C.CC1CCC(=O)CC1.CC1CCC(C#N)CC1.CC1CCC(C#N)CC1.CC1CCC(CN)CC1.CC1CCC(CNC(=O)OC(C)(C)C)CC1.CC1CCC(CNCl)CC1.Cl.II(I)I.O=S=O.O=S=O.O=S=O.O=S=O. The van der Waals surface area contributed by atoms with E-state index in [-0.39, 0.29) is 63.5 Å². The van der Waals surface area contributed by atoms with Gasteiger partial charge in [0.05, 0.1) is 12.1 Å². The van der Waals surface area contributed by atoms with Crippen LogP contribution in [-0.2, 0) is 70.0 Å². The molecule has 0 radical (unpaired) electrons. The second-order valence-corrected chi connectivity index (χ2v) is 76.7. The molecule has 0 aromatic carbocycles. The van der Waals surface area contributed by atoms with Gasteiger partial charge in [0.2, 0.25) is 0 Å². The summed E-state index contributed by atoms with van der Waals surface area (Å²) in [7, 11) is -0.353. The number of amides is 1. The molecule has 0 saturated heterocycles. The van der Waals surface area contributed by atoms with Gasteiger partial charge in [-0.3, -0.25) is 4.79 Å². The first-order valence-electron chi connectivity index (χ1n) is 31.7. The summed E-state index contributed by atoms with van der Waals surface area (Å²) in [5, 5.41) is 19.9. The molecule has 6 saturated carbocycles. The van der Waals surface area contributed by atoms with Crippen molar-refractivity contribution in [2.75, 3.05) is 19.6 Å². The predicted molar refractivity (Wildman–Crippen MR) is 443 cm³/mol. The van der Waals surface area contributed by atoms with Gasteiger partial charge in [0.25, 0.3) is 0 Å². The zero-order valence-corrected chi connectivity index (χ0v) is 71.3. The number of nitriles is 2. The Labute approximate surface area is 658 Å². The van der Waals surface area contributed by atoms with Crippen molar-refractivity contribution >= 4 is 158 Å². The number of carbonyl (C=O) groups excluding carboxylic acids is 4. The van der Waals surface area contributed by atoms with Crippen molar-refractivity contribution in [3.63, 3.8) is 0 Å². The molecule has 0 atom stereocenters. The molecular weight excluding hydrogens is 1840 g/mol. The number of Topliss-reactive ketones (excluding diaryl/α,β-unsaturated/α-hetero) is 1. The number of halogens is 6. The standard InChI is InChI=1S/C13H25NO2.C10H18O5.C8H16ClN.C8H17N.2C8H13N.C7H12O.5CH4.ClH.I4.4O2S/c1-10-5-7-11(8-6-10)9-14-12(15)16-13(2,3)4;1-9(2,3)14-7(11)13-8(12)15-10(4,5)6;1-7-2-4-8(5-3-7)6-10-9;3*1-7-2-4-8(6-9)5-3-7;1-6-2-4-7(8)5-3-6;;;;;;;1-4(2)3;4*1-3-2/h10-11H,5-9H2,1-4H3,(H,14,15);1-6H3;7-8,10H,2-6H2,1H3;7-8H,2-6,9H2,1H3;2*7-8H,2-5H2,1H3;6H,2-5H2,1H3;5*1H4;1H;;;;;. The molecule has 31 heteroatoms. The van der Waals surface area contributed by atoms with E-state index in [9.17, 15) is 19.2 Å². The number of alkyl carbamates (subject to hydrolysis) is 1. The van der Waals surface area contributed by atoms with Crippen molar-refractivity contribution in [1.82, 2.24) is 10.2 Å². The van der Waals surface area contributed by atoms with Crippen LogP contribution in [0.25, 0.3) is 0 Å². The number of ether oxygens (including phenoxy) is 4. The number of hydrogen-bond acceptors (Lipinski definition) is 20. The summed E-state index contributed by atoms with van der Waals surface area (Å²) in [5.41, 5.74) is 3.76. The third kappa shape index (κ3) is 99.5. The summed E-state index contributed by atoms with van der Waals surface area (Å²) in [6.07, 6.45) is 27.2. The fourth-order valence-corrected chi connectivity index (χ4v) is 9.97. The van der Waals surface area contributed by atoms with Gasteiger partial charge in [-0.05, 0) is 237 Å². The first-order valence-corrected chi connectivity index (χ1v) is 53.6. The van der Waals surface area contributed by atoms with Crippen molar-refractivity contribution < 1.29 is 71.8 Å². The Morgan fingerprint density at radius 3 is 0.908 bits per heavy atom. The van der Waals surface area contributed by atoms with E-state index in [2.05, 4.69) is 124 Å². The molecule has 0 unspecified atom stereocenters. The van der Waals surface area contributed by atoms with Gasteiger partial charge in [0.15, 0.2) is 0 Å². The van der Waals surface area contributed by atoms with Crippen LogP contribution in [0.3, 0.4) is 0 Å². The predicted octanol–water partition coefficient (Wildman–Crippen LogP) is 21.4. The molecule has 0 aliphatic heterocycles. The molecule has 98 heavy (non-hydrogen) atoms. The number of ketones is 1. The molecule has 21 nitrogen and oxygen atoms in total. The van der Waals surface area contributed by atoms with Gasteiger partial charge >= 0.3 is 128 Å². The zero-order valence-electron chi connectivity index (χ0n) is 57.9. The normalized spacial score (nSPS) is 22.4. The molecule has 590 valence electrons. The van der Waals surface area contributed by atoms with E-state index < -0.39 is 75.4 Å². The second-order valence-electron chi connectivity index (χ2n) is 27.2. The maximum atomic E-state index is 11.4. The fraction of sp³-hybridized carbons (Fsp3) is 0.910. The van der Waals surface area contributed by atoms with Gasteiger partial charge in [0.1, 0.15) is 22.6 Å². The van der Waals surface area contributed by atoms with E-state index in [1.807, 2.05) is 20.8 Å². The third-order valence-corrected chi connectivity index (χ3v) is 15.4. The number of hydrogen-bond donors (Lipinski definition) is 3. The molecular formula is C67H135Cl2I4N5O16S4. The minimum atomic E-state index is -1.06. The molecule has 6 aliphatic carbocycles. The summed E-state index contributed by atoms with van der Waals surface area (Å²) in [6, 6.07) is 4.65.